The number of halogens is 3. The lowest BCUT2D eigenvalue weighted by Gasteiger charge is -2.10. The van der Waals surface area contributed by atoms with Crippen LogP contribution in [0.2, 0.25) is 0 Å². The third kappa shape index (κ3) is 6.41. The molecule has 0 fully saturated rings. The standard InChI is InChI=1S/C25H23F3N4O/c26-25(27,28)21-11-9-20(10-12-21)24-6-3-5-22(30-24)18-33-23-13-7-19(8-14-23)4-1-2-16-32-17-15-29-31-32/h3,5-15,17H,1-2,4,16,18H2. The van der Waals surface area contributed by atoms with Gasteiger partial charge in [0.2, 0.25) is 0 Å². The van der Waals surface area contributed by atoms with E-state index in [1.165, 1.54) is 17.7 Å². The van der Waals surface area contributed by atoms with E-state index < -0.39 is 11.7 Å². The van der Waals surface area contributed by atoms with Crippen molar-refractivity contribution in [1.29, 1.82) is 0 Å². The van der Waals surface area contributed by atoms with Gasteiger partial charge in [0.25, 0.3) is 0 Å². The van der Waals surface area contributed by atoms with E-state index in [1.807, 2.05) is 35.1 Å². The molecule has 0 unspecified atom stereocenters. The zero-order chi connectivity index (χ0) is 23.1. The van der Waals surface area contributed by atoms with Gasteiger partial charge in [-0.1, -0.05) is 35.5 Å². The Hall–Kier alpha value is -3.68. The number of hydrogen-bond acceptors (Lipinski definition) is 4. The van der Waals surface area contributed by atoms with Gasteiger partial charge >= 0.3 is 6.18 Å². The molecule has 0 amide bonds. The lowest BCUT2D eigenvalue weighted by atomic mass is 10.1. The van der Waals surface area contributed by atoms with Gasteiger partial charge in [0, 0.05) is 18.3 Å². The largest absolute Gasteiger partial charge is 0.487 e. The molecule has 0 saturated carbocycles. The highest BCUT2D eigenvalue weighted by Gasteiger charge is 2.30. The molecule has 170 valence electrons. The number of unbranched alkanes of at least 4 members (excludes halogenated alkanes) is 1. The number of hydrogen-bond donors (Lipinski definition) is 0. The number of alkyl halides is 3. The van der Waals surface area contributed by atoms with Crippen LogP contribution in [0.25, 0.3) is 11.3 Å². The van der Waals surface area contributed by atoms with Crippen LogP contribution < -0.4 is 4.74 Å². The summed E-state index contributed by atoms with van der Waals surface area (Å²) in [6.45, 7) is 1.13. The minimum atomic E-state index is -4.35. The normalized spacial score (nSPS) is 11.5. The van der Waals surface area contributed by atoms with E-state index in [4.69, 9.17) is 4.74 Å². The molecule has 4 aromatic rings. The van der Waals surface area contributed by atoms with E-state index in [0.29, 0.717) is 17.0 Å². The minimum absolute atomic E-state index is 0.270. The first-order valence-electron chi connectivity index (χ1n) is 10.7. The second-order valence-corrected chi connectivity index (χ2v) is 7.65. The molecular weight excluding hydrogens is 429 g/mol. The fraction of sp³-hybridized carbons (Fsp3) is 0.240. The second kappa shape index (κ2) is 10.3. The summed E-state index contributed by atoms with van der Waals surface area (Å²) in [6, 6.07) is 18.4. The van der Waals surface area contributed by atoms with Crippen molar-refractivity contribution in [3.05, 3.63) is 95.9 Å². The fourth-order valence-corrected chi connectivity index (χ4v) is 3.42. The Morgan fingerprint density at radius 2 is 1.67 bits per heavy atom. The van der Waals surface area contributed by atoms with Gasteiger partial charge < -0.3 is 4.74 Å². The highest BCUT2D eigenvalue weighted by molar-refractivity contribution is 5.59. The van der Waals surface area contributed by atoms with Crippen molar-refractivity contribution in [1.82, 2.24) is 20.0 Å². The molecule has 0 aliphatic rings. The summed E-state index contributed by atoms with van der Waals surface area (Å²) >= 11 is 0. The van der Waals surface area contributed by atoms with Gasteiger partial charge in [-0.3, -0.25) is 4.68 Å². The van der Waals surface area contributed by atoms with E-state index in [-0.39, 0.29) is 6.61 Å². The molecule has 2 aromatic heterocycles. The molecular formula is C25H23F3N4O. The van der Waals surface area contributed by atoms with Crippen molar-refractivity contribution in [2.45, 2.75) is 38.6 Å². The van der Waals surface area contributed by atoms with Crippen LogP contribution in [-0.4, -0.2) is 20.0 Å². The third-order valence-electron chi connectivity index (χ3n) is 5.20. The van der Waals surface area contributed by atoms with Crippen LogP contribution in [0.15, 0.2) is 79.1 Å². The van der Waals surface area contributed by atoms with E-state index in [1.54, 1.807) is 12.3 Å². The van der Waals surface area contributed by atoms with Gasteiger partial charge in [-0.2, -0.15) is 13.2 Å². The molecule has 8 heteroatoms. The monoisotopic (exact) mass is 452 g/mol. The molecule has 0 aliphatic heterocycles. The lowest BCUT2D eigenvalue weighted by molar-refractivity contribution is -0.137. The van der Waals surface area contributed by atoms with Gasteiger partial charge in [-0.25, -0.2) is 4.98 Å². The van der Waals surface area contributed by atoms with Crippen LogP contribution in [0.1, 0.15) is 29.7 Å². The van der Waals surface area contributed by atoms with E-state index in [9.17, 15) is 13.2 Å². The van der Waals surface area contributed by atoms with Gasteiger partial charge in [0.15, 0.2) is 0 Å². The number of aryl methyl sites for hydroxylation is 2. The smallest absolute Gasteiger partial charge is 0.416 e. The summed E-state index contributed by atoms with van der Waals surface area (Å²) in [6.07, 6.45) is 2.25. The maximum atomic E-state index is 12.8. The molecule has 4 rings (SSSR count). The Balaban J connectivity index is 1.28. The fourth-order valence-electron chi connectivity index (χ4n) is 3.42. The first-order chi connectivity index (χ1) is 16.0. The molecule has 2 heterocycles. The van der Waals surface area contributed by atoms with Crippen molar-refractivity contribution in [2.75, 3.05) is 0 Å². The summed E-state index contributed by atoms with van der Waals surface area (Å²) in [5.41, 5.74) is 2.49. The Labute approximate surface area is 189 Å². The summed E-state index contributed by atoms with van der Waals surface area (Å²) in [4.78, 5) is 4.52. The summed E-state index contributed by atoms with van der Waals surface area (Å²) < 4.78 is 46.0. The predicted molar refractivity (Wildman–Crippen MR) is 118 cm³/mol. The topological polar surface area (TPSA) is 52.8 Å². The Morgan fingerprint density at radius 1 is 0.879 bits per heavy atom. The number of benzene rings is 2. The van der Waals surface area contributed by atoms with Crippen LogP contribution in [0.4, 0.5) is 13.2 Å². The van der Waals surface area contributed by atoms with Crippen LogP contribution in [-0.2, 0) is 25.7 Å². The highest BCUT2D eigenvalue weighted by atomic mass is 19.4. The van der Waals surface area contributed by atoms with Crippen molar-refractivity contribution in [2.24, 2.45) is 0 Å². The Bertz CT molecular complexity index is 1140. The first-order valence-corrected chi connectivity index (χ1v) is 10.7. The first kappa shape index (κ1) is 22.5. The number of pyridine rings is 1. The average molecular weight is 452 g/mol. The quantitative estimate of drug-likeness (QED) is 0.294. The molecule has 5 nitrogen and oxygen atoms in total. The maximum Gasteiger partial charge on any atom is 0.416 e. The van der Waals surface area contributed by atoms with E-state index >= 15 is 0 Å². The number of nitrogens with zero attached hydrogens (tertiary/aromatic N) is 4. The minimum Gasteiger partial charge on any atom is -0.487 e. The maximum absolute atomic E-state index is 12.8. The van der Waals surface area contributed by atoms with Crippen LogP contribution in [0, 0.1) is 0 Å². The summed E-state index contributed by atoms with van der Waals surface area (Å²) in [7, 11) is 0. The molecule has 0 aliphatic carbocycles. The zero-order valence-corrected chi connectivity index (χ0v) is 17.9. The molecule has 0 radical (unpaired) electrons. The molecule has 0 atom stereocenters. The number of aromatic nitrogens is 4. The van der Waals surface area contributed by atoms with E-state index in [0.717, 1.165) is 43.7 Å². The van der Waals surface area contributed by atoms with Gasteiger partial charge in [0.1, 0.15) is 12.4 Å². The molecule has 33 heavy (non-hydrogen) atoms. The molecule has 0 spiro atoms. The van der Waals surface area contributed by atoms with Crippen molar-refractivity contribution >= 4 is 0 Å². The third-order valence-corrected chi connectivity index (χ3v) is 5.20. The highest BCUT2D eigenvalue weighted by Crippen LogP contribution is 2.30. The second-order valence-electron chi connectivity index (χ2n) is 7.65. The zero-order valence-electron chi connectivity index (χ0n) is 17.9. The van der Waals surface area contributed by atoms with Crippen LogP contribution in [0.3, 0.4) is 0 Å². The van der Waals surface area contributed by atoms with Crippen LogP contribution >= 0.6 is 0 Å². The Morgan fingerprint density at radius 3 is 2.36 bits per heavy atom. The number of ether oxygens (including phenoxy) is 1. The molecule has 0 saturated heterocycles. The van der Waals surface area contributed by atoms with Crippen molar-refractivity contribution in [3.8, 4) is 17.0 Å². The predicted octanol–water partition coefficient (Wildman–Crippen LogP) is 5.96. The van der Waals surface area contributed by atoms with Crippen molar-refractivity contribution in [3.63, 3.8) is 0 Å². The van der Waals surface area contributed by atoms with Gasteiger partial charge in [0.05, 0.1) is 23.1 Å². The molecule has 0 N–H and O–H groups in total. The molecule has 2 aromatic carbocycles. The average Bonchev–Trinajstić information content (AvgIpc) is 3.35. The lowest BCUT2D eigenvalue weighted by Crippen LogP contribution is -2.04. The van der Waals surface area contributed by atoms with Crippen LogP contribution in [0.5, 0.6) is 5.75 Å². The van der Waals surface area contributed by atoms with Gasteiger partial charge in [-0.05, 0) is 61.2 Å². The van der Waals surface area contributed by atoms with Crippen molar-refractivity contribution < 1.29 is 17.9 Å². The summed E-state index contributed by atoms with van der Waals surface area (Å²) in [5, 5.41) is 7.75. The number of rotatable bonds is 9. The SMILES string of the molecule is FC(F)(F)c1ccc(-c2cccc(COc3ccc(CCCCn4ccnn4)cc3)n2)cc1. The summed E-state index contributed by atoms with van der Waals surface area (Å²) in [5.74, 6) is 0.739. The molecule has 0 bridgehead atoms. The van der Waals surface area contributed by atoms with Gasteiger partial charge in [-0.15, -0.1) is 5.10 Å². The Kier molecular flexibility index (Phi) is 7.02. The van der Waals surface area contributed by atoms with E-state index in [2.05, 4.69) is 27.4 Å².